The Bertz CT molecular complexity index is 362. The molecule has 2 N–H and O–H groups in total. The number of hydrogen-bond donors (Lipinski definition) is 1. The lowest BCUT2D eigenvalue weighted by atomic mass is 10.4. The highest BCUT2D eigenvalue weighted by Crippen LogP contribution is 2.02. The van der Waals surface area contributed by atoms with Crippen LogP contribution in [0, 0.1) is 0 Å². The molecule has 0 amide bonds. The Kier molecular flexibility index (Phi) is 6.38. The molecule has 0 aliphatic rings. The Morgan fingerprint density at radius 1 is 1.35 bits per heavy atom. The van der Waals surface area contributed by atoms with Gasteiger partial charge in [0.2, 0.25) is 0 Å². The van der Waals surface area contributed by atoms with Crippen LogP contribution in [0.15, 0.2) is 12.3 Å². The largest absolute Gasteiger partial charge is 0.461 e. The minimum absolute atomic E-state index is 0.216. The quantitative estimate of drug-likeness (QED) is 0.524. The first-order chi connectivity index (χ1) is 8.24. The van der Waals surface area contributed by atoms with Crippen LogP contribution >= 0.6 is 12.2 Å². The monoisotopic (exact) mass is 257 g/mol. The number of nitrogens with two attached hydrogens (primary N) is 1. The molecule has 0 saturated heterocycles. The highest BCUT2D eigenvalue weighted by Gasteiger charge is 2.02. The Balaban J connectivity index is 2.27. The Hall–Kier alpha value is -1.31. The molecule has 1 heterocycles. The number of methoxy groups -OCH3 is 1. The molecule has 0 atom stereocenters. The summed E-state index contributed by atoms with van der Waals surface area (Å²) in [5, 5.41) is 0. The van der Waals surface area contributed by atoms with Crippen LogP contribution in [0.3, 0.4) is 0 Å². The number of hydrogen-bond acceptors (Lipinski definition) is 6. The van der Waals surface area contributed by atoms with Crippen molar-refractivity contribution in [2.75, 3.05) is 33.5 Å². The van der Waals surface area contributed by atoms with Crippen molar-refractivity contribution in [3.8, 4) is 6.01 Å². The van der Waals surface area contributed by atoms with Crippen molar-refractivity contribution < 1.29 is 14.2 Å². The van der Waals surface area contributed by atoms with Gasteiger partial charge in [-0.1, -0.05) is 12.2 Å². The van der Waals surface area contributed by atoms with Crippen LogP contribution in [0.1, 0.15) is 5.69 Å². The van der Waals surface area contributed by atoms with Gasteiger partial charge in [-0.05, 0) is 6.07 Å². The van der Waals surface area contributed by atoms with E-state index in [2.05, 4.69) is 9.97 Å². The van der Waals surface area contributed by atoms with Crippen LogP contribution in [-0.2, 0) is 9.47 Å². The molecular weight excluding hydrogens is 242 g/mol. The molecule has 0 saturated carbocycles. The number of thiocarbonyl (C=S) groups is 1. The summed E-state index contributed by atoms with van der Waals surface area (Å²) in [7, 11) is 1.62. The molecule has 0 fully saturated rings. The highest BCUT2D eigenvalue weighted by atomic mass is 32.1. The van der Waals surface area contributed by atoms with Crippen LogP contribution in [0.25, 0.3) is 0 Å². The maximum atomic E-state index is 5.44. The average molecular weight is 257 g/mol. The van der Waals surface area contributed by atoms with E-state index in [1.54, 1.807) is 19.4 Å². The van der Waals surface area contributed by atoms with Crippen molar-refractivity contribution in [1.29, 1.82) is 0 Å². The first-order valence-electron chi connectivity index (χ1n) is 5.06. The lowest BCUT2D eigenvalue weighted by Crippen LogP contribution is -2.14. The molecule has 1 aromatic heterocycles. The van der Waals surface area contributed by atoms with Gasteiger partial charge < -0.3 is 19.9 Å². The highest BCUT2D eigenvalue weighted by molar-refractivity contribution is 7.80. The summed E-state index contributed by atoms with van der Waals surface area (Å²) in [6, 6.07) is 1.87. The van der Waals surface area contributed by atoms with Gasteiger partial charge in [0, 0.05) is 13.3 Å². The van der Waals surface area contributed by atoms with Gasteiger partial charge in [-0.3, -0.25) is 0 Å². The van der Waals surface area contributed by atoms with Gasteiger partial charge in [-0.15, -0.1) is 0 Å². The molecule has 0 spiro atoms. The van der Waals surface area contributed by atoms with E-state index in [0.717, 1.165) is 0 Å². The smallest absolute Gasteiger partial charge is 0.317 e. The van der Waals surface area contributed by atoms with Gasteiger partial charge >= 0.3 is 6.01 Å². The molecule has 94 valence electrons. The second-order valence-corrected chi connectivity index (χ2v) is 3.48. The van der Waals surface area contributed by atoms with Gasteiger partial charge in [-0.25, -0.2) is 4.98 Å². The number of ether oxygens (including phenoxy) is 3. The lowest BCUT2D eigenvalue weighted by Gasteiger charge is -2.06. The van der Waals surface area contributed by atoms with Crippen LogP contribution in [0.2, 0.25) is 0 Å². The molecule has 0 aliphatic carbocycles. The minimum Gasteiger partial charge on any atom is -0.461 e. The van der Waals surface area contributed by atoms with E-state index in [1.807, 2.05) is 0 Å². The van der Waals surface area contributed by atoms with E-state index in [4.69, 9.17) is 32.2 Å². The van der Waals surface area contributed by atoms with Crippen molar-refractivity contribution in [1.82, 2.24) is 9.97 Å². The summed E-state index contributed by atoms with van der Waals surface area (Å²) in [6.45, 7) is 1.91. The number of rotatable bonds is 8. The summed E-state index contributed by atoms with van der Waals surface area (Å²) in [4.78, 5) is 8.17. The van der Waals surface area contributed by atoms with E-state index in [9.17, 15) is 0 Å². The summed E-state index contributed by atoms with van der Waals surface area (Å²) in [6.07, 6.45) is 1.54. The van der Waals surface area contributed by atoms with Gasteiger partial charge in [0.1, 0.15) is 17.3 Å². The van der Waals surface area contributed by atoms with Gasteiger partial charge in [0.05, 0.1) is 19.8 Å². The van der Waals surface area contributed by atoms with Gasteiger partial charge in [0.15, 0.2) is 0 Å². The molecule has 0 radical (unpaired) electrons. The van der Waals surface area contributed by atoms with E-state index in [1.165, 1.54) is 0 Å². The zero-order chi connectivity index (χ0) is 12.5. The fourth-order valence-electron chi connectivity index (χ4n) is 0.984. The van der Waals surface area contributed by atoms with E-state index in [0.29, 0.717) is 32.1 Å². The van der Waals surface area contributed by atoms with Gasteiger partial charge in [0.25, 0.3) is 0 Å². The molecule has 6 nitrogen and oxygen atoms in total. The first-order valence-corrected chi connectivity index (χ1v) is 5.47. The van der Waals surface area contributed by atoms with Crippen LogP contribution in [0.4, 0.5) is 0 Å². The fourth-order valence-corrected chi connectivity index (χ4v) is 1.10. The Labute approximate surface area is 105 Å². The second-order valence-electron chi connectivity index (χ2n) is 3.04. The van der Waals surface area contributed by atoms with Crippen molar-refractivity contribution in [3.05, 3.63) is 18.0 Å². The molecule has 0 aliphatic heterocycles. The summed E-state index contributed by atoms with van der Waals surface area (Å²) < 4.78 is 15.3. The number of aromatic nitrogens is 2. The molecule has 0 unspecified atom stereocenters. The second kappa shape index (κ2) is 7.88. The number of nitrogens with zero attached hydrogens (tertiary/aromatic N) is 2. The maximum absolute atomic E-state index is 5.44. The zero-order valence-corrected chi connectivity index (χ0v) is 10.4. The van der Waals surface area contributed by atoms with Crippen LogP contribution in [-0.4, -0.2) is 48.5 Å². The third kappa shape index (κ3) is 5.53. The predicted octanol–water partition coefficient (Wildman–Crippen LogP) is 0.153. The molecular formula is C10H15N3O3S. The van der Waals surface area contributed by atoms with Crippen LogP contribution < -0.4 is 10.5 Å². The third-order valence-corrected chi connectivity index (χ3v) is 1.99. The standard InChI is InChI=1S/C10H15N3O3S/c1-14-4-5-15-6-7-16-10-12-3-2-8(13-10)9(11)17/h2-3H,4-7H2,1H3,(H2,11,17). The zero-order valence-electron chi connectivity index (χ0n) is 9.59. The topological polar surface area (TPSA) is 79.5 Å². The molecule has 0 aromatic carbocycles. The molecule has 1 aromatic rings. The molecule has 0 bridgehead atoms. The normalized spacial score (nSPS) is 10.2. The summed E-state index contributed by atoms with van der Waals surface area (Å²) in [5.74, 6) is 0. The Morgan fingerprint density at radius 3 is 2.82 bits per heavy atom. The van der Waals surface area contributed by atoms with Crippen molar-refractivity contribution in [3.63, 3.8) is 0 Å². The summed E-state index contributed by atoms with van der Waals surface area (Å²) in [5.41, 5.74) is 5.93. The fraction of sp³-hybridized carbons (Fsp3) is 0.500. The van der Waals surface area contributed by atoms with Crippen molar-refractivity contribution in [2.45, 2.75) is 0 Å². The van der Waals surface area contributed by atoms with Crippen molar-refractivity contribution >= 4 is 17.2 Å². The van der Waals surface area contributed by atoms with Crippen molar-refractivity contribution in [2.24, 2.45) is 5.73 Å². The first kappa shape index (κ1) is 13.8. The SMILES string of the molecule is COCCOCCOc1nccc(C(N)=S)n1. The Morgan fingerprint density at radius 2 is 2.12 bits per heavy atom. The molecule has 17 heavy (non-hydrogen) atoms. The van der Waals surface area contributed by atoms with Crippen LogP contribution in [0.5, 0.6) is 6.01 Å². The predicted molar refractivity (Wildman–Crippen MR) is 66.1 cm³/mol. The van der Waals surface area contributed by atoms with E-state index < -0.39 is 0 Å². The van der Waals surface area contributed by atoms with E-state index >= 15 is 0 Å². The third-order valence-electron chi connectivity index (χ3n) is 1.78. The average Bonchev–Trinajstić information content (AvgIpc) is 2.34. The maximum Gasteiger partial charge on any atom is 0.317 e. The minimum atomic E-state index is 0.216. The lowest BCUT2D eigenvalue weighted by molar-refractivity contribution is 0.0528. The van der Waals surface area contributed by atoms with E-state index in [-0.39, 0.29) is 11.0 Å². The molecule has 7 heteroatoms. The summed E-state index contributed by atoms with van der Waals surface area (Å²) >= 11 is 4.80. The molecule has 1 rings (SSSR count). The van der Waals surface area contributed by atoms with Gasteiger partial charge in [-0.2, -0.15) is 4.98 Å².